The van der Waals surface area contributed by atoms with Gasteiger partial charge in [0, 0.05) is 18.2 Å². The van der Waals surface area contributed by atoms with Gasteiger partial charge in [-0.2, -0.15) is 48.2 Å². The standard InChI is InChI=1S/C16H11F6NO9S2/c17-15(18,19)33(26,27)31-12-6-11(7-13(8-12)32-34(28,29)16(20,21)22)23(14(24)25)30-9-10-4-2-1-3-5-10/h1-8H,9H2,(H,24,25). The number of halogens is 6. The normalized spacial score (nSPS) is 12.8. The van der Waals surface area contributed by atoms with Crippen molar-refractivity contribution in [1.29, 1.82) is 0 Å². The van der Waals surface area contributed by atoms with Crippen molar-refractivity contribution in [1.82, 2.24) is 0 Å². The summed E-state index contributed by atoms with van der Waals surface area (Å²) in [5.74, 6) is -2.87. The Morgan fingerprint density at radius 1 is 0.824 bits per heavy atom. The van der Waals surface area contributed by atoms with Crippen LogP contribution in [0.1, 0.15) is 5.56 Å². The van der Waals surface area contributed by atoms with Gasteiger partial charge >= 0.3 is 37.3 Å². The molecule has 0 heterocycles. The van der Waals surface area contributed by atoms with Gasteiger partial charge in [0.25, 0.3) is 0 Å². The molecule has 1 amide bonds. The summed E-state index contributed by atoms with van der Waals surface area (Å²) < 4.78 is 128. The number of carboxylic acid groups (broad SMARTS) is 1. The highest BCUT2D eigenvalue weighted by molar-refractivity contribution is 7.88. The summed E-state index contributed by atoms with van der Waals surface area (Å²) in [4.78, 5) is 16.5. The molecule has 0 aliphatic rings. The van der Waals surface area contributed by atoms with Crippen molar-refractivity contribution in [3.8, 4) is 11.5 Å². The van der Waals surface area contributed by atoms with Crippen molar-refractivity contribution in [3.63, 3.8) is 0 Å². The molecule has 0 aliphatic heterocycles. The van der Waals surface area contributed by atoms with E-state index >= 15 is 0 Å². The van der Waals surface area contributed by atoms with Crippen LogP contribution < -0.4 is 13.4 Å². The molecule has 0 fully saturated rings. The number of anilines is 1. The summed E-state index contributed by atoms with van der Waals surface area (Å²) in [6.45, 7) is -0.490. The Kier molecular flexibility index (Phi) is 7.58. The van der Waals surface area contributed by atoms with Crippen LogP contribution in [0.3, 0.4) is 0 Å². The molecule has 0 aromatic heterocycles. The first kappa shape index (κ1) is 27.0. The number of nitrogens with zero attached hydrogens (tertiary/aromatic N) is 1. The first-order valence-corrected chi connectivity index (χ1v) is 11.1. The molecule has 34 heavy (non-hydrogen) atoms. The van der Waals surface area contributed by atoms with Crippen LogP contribution in [0, 0.1) is 0 Å². The van der Waals surface area contributed by atoms with E-state index in [9.17, 15) is 53.1 Å². The van der Waals surface area contributed by atoms with E-state index in [1.807, 2.05) is 0 Å². The molecule has 2 rings (SSSR count). The highest BCUT2D eigenvalue weighted by atomic mass is 32.2. The Hall–Kier alpha value is -3.25. The molecule has 10 nitrogen and oxygen atoms in total. The van der Waals surface area contributed by atoms with Crippen LogP contribution in [0.2, 0.25) is 0 Å². The zero-order chi connectivity index (χ0) is 25.9. The summed E-state index contributed by atoms with van der Waals surface area (Å²) in [6.07, 6.45) is -1.98. The SMILES string of the molecule is O=C(O)N(OCc1ccccc1)c1cc(OS(=O)(=O)C(F)(F)F)cc(OS(=O)(=O)C(F)(F)F)c1. The zero-order valence-corrected chi connectivity index (χ0v) is 17.7. The second-order valence-corrected chi connectivity index (χ2v) is 9.04. The number of hydrogen-bond acceptors (Lipinski definition) is 8. The van der Waals surface area contributed by atoms with E-state index in [0.717, 1.165) is 0 Å². The quantitative estimate of drug-likeness (QED) is 0.230. The molecule has 2 aromatic rings. The van der Waals surface area contributed by atoms with Crippen LogP contribution >= 0.6 is 0 Å². The number of hydroxylamine groups is 1. The van der Waals surface area contributed by atoms with Gasteiger partial charge < -0.3 is 13.5 Å². The second-order valence-electron chi connectivity index (χ2n) is 5.96. The van der Waals surface area contributed by atoms with E-state index < -0.39 is 61.1 Å². The number of benzene rings is 2. The van der Waals surface area contributed by atoms with Crippen LogP contribution in [0.25, 0.3) is 0 Å². The minimum absolute atomic E-state index is 0.0489. The summed E-state index contributed by atoms with van der Waals surface area (Å²) in [5, 5.41) is 9.24. The lowest BCUT2D eigenvalue weighted by Crippen LogP contribution is -2.31. The van der Waals surface area contributed by atoms with E-state index in [0.29, 0.717) is 17.7 Å². The summed E-state index contributed by atoms with van der Waals surface area (Å²) in [7, 11) is -12.8. The monoisotopic (exact) mass is 539 g/mol. The molecule has 0 unspecified atom stereocenters. The third-order valence-electron chi connectivity index (χ3n) is 3.45. The molecule has 0 bridgehead atoms. The first-order chi connectivity index (χ1) is 15.4. The Labute approximate surface area is 187 Å². The van der Waals surface area contributed by atoms with Crippen LogP contribution in [0.15, 0.2) is 48.5 Å². The van der Waals surface area contributed by atoms with Gasteiger partial charge in [-0.15, -0.1) is 0 Å². The Balaban J connectivity index is 2.54. The zero-order valence-electron chi connectivity index (χ0n) is 16.1. The highest BCUT2D eigenvalue weighted by Crippen LogP contribution is 2.35. The fourth-order valence-corrected chi connectivity index (χ4v) is 2.96. The van der Waals surface area contributed by atoms with Gasteiger partial charge in [-0.05, 0) is 5.56 Å². The van der Waals surface area contributed by atoms with Crippen molar-refractivity contribution in [2.24, 2.45) is 0 Å². The summed E-state index contributed by atoms with van der Waals surface area (Å²) in [6, 6.07) is 8.30. The molecule has 2 aromatic carbocycles. The smallest absolute Gasteiger partial charge is 0.463 e. The maximum Gasteiger partial charge on any atom is 0.534 e. The topological polar surface area (TPSA) is 137 Å². The number of carbonyl (C=O) groups is 1. The van der Waals surface area contributed by atoms with Gasteiger partial charge in [-0.25, -0.2) is 4.79 Å². The molecular weight excluding hydrogens is 528 g/mol. The molecule has 188 valence electrons. The predicted molar refractivity (Wildman–Crippen MR) is 99.4 cm³/mol. The van der Waals surface area contributed by atoms with Crippen molar-refractivity contribution < 1.29 is 66.3 Å². The average Bonchev–Trinajstić information content (AvgIpc) is 2.66. The lowest BCUT2D eigenvalue weighted by molar-refractivity contribution is -0.0502. The minimum Gasteiger partial charge on any atom is -0.463 e. The van der Waals surface area contributed by atoms with Gasteiger partial charge in [0.05, 0.1) is 5.69 Å². The van der Waals surface area contributed by atoms with E-state index in [1.54, 1.807) is 6.07 Å². The maximum atomic E-state index is 12.6. The average molecular weight is 539 g/mol. The third kappa shape index (κ3) is 6.64. The summed E-state index contributed by atoms with van der Waals surface area (Å²) in [5.41, 5.74) is -12.6. The number of hydrogen-bond donors (Lipinski definition) is 1. The predicted octanol–water partition coefficient (Wildman–Crippen LogP) is 3.76. The summed E-state index contributed by atoms with van der Waals surface area (Å²) >= 11 is 0. The van der Waals surface area contributed by atoms with Crippen molar-refractivity contribution in [2.45, 2.75) is 17.6 Å². The largest absolute Gasteiger partial charge is 0.534 e. The van der Waals surface area contributed by atoms with Crippen molar-refractivity contribution >= 4 is 32.0 Å². The second kappa shape index (κ2) is 9.55. The molecule has 0 radical (unpaired) electrons. The van der Waals surface area contributed by atoms with Crippen LogP contribution in [0.4, 0.5) is 36.8 Å². The fraction of sp³-hybridized carbons (Fsp3) is 0.188. The Morgan fingerprint density at radius 3 is 1.65 bits per heavy atom. The number of alkyl halides is 6. The molecule has 0 saturated carbocycles. The van der Waals surface area contributed by atoms with E-state index in [-0.39, 0.29) is 11.1 Å². The van der Waals surface area contributed by atoms with E-state index in [1.165, 1.54) is 24.3 Å². The van der Waals surface area contributed by atoms with Crippen molar-refractivity contribution in [3.05, 3.63) is 54.1 Å². The Morgan fingerprint density at radius 2 is 1.26 bits per heavy atom. The van der Waals surface area contributed by atoms with E-state index in [2.05, 4.69) is 8.37 Å². The molecule has 0 atom stereocenters. The third-order valence-corrected chi connectivity index (χ3v) is 5.41. The lowest BCUT2D eigenvalue weighted by atomic mass is 10.2. The molecule has 1 N–H and O–H groups in total. The Bertz CT molecular complexity index is 1180. The molecule has 0 spiro atoms. The van der Waals surface area contributed by atoms with Gasteiger partial charge in [-0.1, -0.05) is 30.3 Å². The van der Waals surface area contributed by atoms with Crippen LogP contribution in [-0.2, 0) is 31.7 Å². The fourth-order valence-electron chi connectivity index (χ4n) is 2.07. The minimum atomic E-state index is -6.39. The number of amides is 1. The van der Waals surface area contributed by atoms with Gasteiger partial charge in [0.1, 0.15) is 18.1 Å². The lowest BCUT2D eigenvalue weighted by Gasteiger charge is -2.20. The first-order valence-electron chi connectivity index (χ1n) is 8.29. The number of rotatable bonds is 8. The van der Waals surface area contributed by atoms with E-state index in [4.69, 9.17) is 4.84 Å². The molecular formula is C16H11F6NO9S2. The van der Waals surface area contributed by atoms with Gasteiger partial charge in [-0.3, -0.25) is 4.84 Å². The van der Waals surface area contributed by atoms with Crippen LogP contribution in [0.5, 0.6) is 11.5 Å². The van der Waals surface area contributed by atoms with Crippen molar-refractivity contribution in [2.75, 3.05) is 5.06 Å². The molecule has 0 aliphatic carbocycles. The maximum absolute atomic E-state index is 12.6. The van der Waals surface area contributed by atoms with Gasteiger partial charge in [0.2, 0.25) is 0 Å². The van der Waals surface area contributed by atoms with Crippen LogP contribution in [-0.4, -0.2) is 39.1 Å². The molecule has 0 saturated heterocycles. The molecule has 18 heteroatoms. The highest BCUT2D eigenvalue weighted by Gasteiger charge is 2.50. The van der Waals surface area contributed by atoms with Gasteiger partial charge in [0.15, 0.2) is 0 Å².